The third-order valence-corrected chi connectivity index (χ3v) is 5.85. The van der Waals surface area contributed by atoms with Crippen LogP contribution in [0.25, 0.3) is 0 Å². The molecule has 0 amide bonds. The number of halogens is 2. The Hall–Kier alpha value is -0.330. The fourth-order valence-electron chi connectivity index (χ4n) is 2.13. The topological polar surface area (TPSA) is 49.4 Å². The normalized spacial score (nSPS) is 20.9. The first-order valence-electron chi connectivity index (χ1n) is 5.92. The van der Waals surface area contributed by atoms with E-state index in [2.05, 4.69) is 5.32 Å². The molecule has 1 saturated heterocycles. The molecule has 1 aliphatic heterocycles. The van der Waals surface area contributed by atoms with E-state index in [0.717, 1.165) is 5.56 Å². The average Bonchev–Trinajstić information content (AvgIpc) is 2.32. The Labute approximate surface area is 125 Å². The molecule has 1 aromatic carbocycles. The van der Waals surface area contributed by atoms with E-state index < -0.39 is 10.0 Å². The van der Waals surface area contributed by atoms with E-state index in [1.165, 1.54) is 4.31 Å². The second-order valence-corrected chi connectivity index (χ2v) is 6.79. The number of rotatable bonds is 2. The molecule has 0 bridgehead atoms. The summed E-state index contributed by atoms with van der Waals surface area (Å²) in [6, 6.07) is 5.04. The van der Waals surface area contributed by atoms with Gasteiger partial charge in [-0.3, -0.25) is 0 Å². The Morgan fingerprint density at radius 2 is 2.11 bits per heavy atom. The summed E-state index contributed by atoms with van der Waals surface area (Å²) in [5.41, 5.74) is 0.778. The molecule has 108 valence electrons. The van der Waals surface area contributed by atoms with Gasteiger partial charge in [0, 0.05) is 25.7 Å². The standard InChI is InChI=1S/C12H17ClN2O2S.ClH/c1-9-4-3-5-11(12(9)13)18(16,17)15-7-6-14-8-10(15)2;/h3-5,10,14H,6-8H2,1-2H3;1H. The summed E-state index contributed by atoms with van der Waals surface area (Å²) >= 11 is 6.12. The molecule has 1 aliphatic rings. The quantitative estimate of drug-likeness (QED) is 0.905. The zero-order valence-electron chi connectivity index (χ0n) is 10.9. The number of benzene rings is 1. The number of nitrogens with one attached hydrogen (secondary N) is 1. The van der Waals surface area contributed by atoms with E-state index in [4.69, 9.17) is 11.6 Å². The Morgan fingerprint density at radius 3 is 2.74 bits per heavy atom. The highest BCUT2D eigenvalue weighted by molar-refractivity contribution is 7.89. The summed E-state index contributed by atoms with van der Waals surface area (Å²) in [5.74, 6) is 0. The number of sulfonamides is 1. The van der Waals surface area contributed by atoms with Crippen LogP contribution in [-0.4, -0.2) is 38.4 Å². The van der Waals surface area contributed by atoms with Crippen molar-refractivity contribution >= 4 is 34.0 Å². The first-order valence-corrected chi connectivity index (χ1v) is 7.74. The van der Waals surface area contributed by atoms with Crippen molar-refractivity contribution in [3.8, 4) is 0 Å². The molecule has 2 rings (SSSR count). The van der Waals surface area contributed by atoms with Gasteiger partial charge in [0.1, 0.15) is 4.90 Å². The minimum atomic E-state index is -3.50. The number of piperazine rings is 1. The minimum absolute atomic E-state index is 0. The lowest BCUT2D eigenvalue weighted by atomic mass is 10.2. The second-order valence-electron chi connectivity index (χ2n) is 4.56. The Bertz CT molecular complexity index is 549. The van der Waals surface area contributed by atoms with Crippen molar-refractivity contribution in [2.24, 2.45) is 0 Å². The zero-order valence-corrected chi connectivity index (χ0v) is 13.3. The van der Waals surface area contributed by atoms with Gasteiger partial charge in [-0.2, -0.15) is 4.31 Å². The molecule has 19 heavy (non-hydrogen) atoms. The molecule has 1 aromatic rings. The van der Waals surface area contributed by atoms with Crippen LogP contribution >= 0.6 is 24.0 Å². The van der Waals surface area contributed by atoms with Gasteiger partial charge < -0.3 is 5.32 Å². The summed E-state index contributed by atoms with van der Waals surface area (Å²) in [5, 5.41) is 3.50. The SMILES string of the molecule is Cc1cccc(S(=O)(=O)N2CCNCC2C)c1Cl.Cl. The highest BCUT2D eigenvalue weighted by atomic mass is 35.5. The fraction of sp³-hybridized carbons (Fsp3) is 0.500. The number of hydrogen-bond donors (Lipinski definition) is 1. The smallest absolute Gasteiger partial charge is 0.244 e. The minimum Gasteiger partial charge on any atom is -0.314 e. The average molecular weight is 325 g/mol. The Kier molecular flexibility index (Phi) is 5.65. The van der Waals surface area contributed by atoms with Crippen molar-refractivity contribution in [1.29, 1.82) is 0 Å². The van der Waals surface area contributed by atoms with E-state index in [-0.39, 0.29) is 23.3 Å². The predicted molar refractivity (Wildman–Crippen MR) is 79.7 cm³/mol. The van der Waals surface area contributed by atoms with Crippen molar-refractivity contribution < 1.29 is 8.42 Å². The van der Waals surface area contributed by atoms with Crippen LogP contribution in [0.5, 0.6) is 0 Å². The predicted octanol–water partition coefficient (Wildman–Crippen LogP) is 2.05. The van der Waals surface area contributed by atoms with Gasteiger partial charge in [-0.05, 0) is 25.5 Å². The maximum atomic E-state index is 12.6. The molecule has 1 unspecified atom stereocenters. The number of nitrogens with zero attached hydrogens (tertiary/aromatic N) is 1. The highest BCUT2D eigenvalue weighted by Crippen LogP contribution is 2.28. The summed E-state index contributed by atoms with van der Waals surface area (Å²) in [6.07, 6.45) is 0. The first-order chi connectivity index (χ1) is 8.44. The van der Waals surface area contributed by atoms with Crippen molar-refractivity contribution in [3.05, 3.63) is 28.8 Å². The molecule has 1 fully saturated rings. The van der Waals surface area contributed by atoms with Gasteiger partial charge in [0.05, 0.1) is 5.02 Å². The molecule has 0 radical (unpaired) electrons. The lowest BCUT2D eigenvalue weighted by molar-refractivity contribution is 0.284. The van der Waals surface area contributed by atoms with E-state index >= 15 is 0 Å². The van der Waals surface area contributed by atoms with Crippen molar-refractivity contribution in [2.75, 3.05) is 19.6 Å². The van der Waals surface area contributed by atoms with Crippen LogP contribution in [-0.2, 0) is 10.0 Å². The summed E-state index contributed by atoms with van der Waals surface area (Å²) in [6.45, 7) is 5.53. The zero-order chi connectivity index (χ0) is 13.3. The molecule has 0 aliphatic carbocycles. The summed E-state index contributed by atoms with van der Waals surface area (Å²) < 4.78 is 26.7. The van der Waals surface area contributed by atoms with Gasteiger partial charge in [-0.1, -0.05) is 23.7 Å². The van der Waals surface area contributed by atoms with Crippen LogP contribution < -0.4 is 5.32 Å². The van der Waals surface area contributed by atoms with Gasteiger partial charge in [-0.15, -0.1) is 12.4 Å². The summed E-state index contributed by atoms with van der Waals surface area (Å²) in [7, 11) is -3.50. The van der Waals surface area contributed by atoms with E-state index in [9.17, 15) is 8.42 Å². The highest BCUT2D eigenvalue weighted by Gasteiger charge is 2.32. The largest absolute Gasteiger partial charge is 0.314 e. The van der Waals surface area contributed by atoms with E-state index in [0.29, 0.717) is 24.7 Å². The van der Waals surface area contributed by atoms with Crippen LogP contribution in [0.3, 0.4) is 0 Å². The van der Waals surface area contributed by atoms with E-state index in [1.807, 2.05) is 19.9 Å². The van der Waals surface area contributed by atoms with Crippen molar-refractivity contribution in [3.63, 3.8) is 0 Å². The van der Waals surface area contributed by atoms with Gasteiger partial charge in [0.2, 0.25) is 10.0 Å². The third kappa shape index (κ3) is 3.23. The third-order valence-electron chi connectivity index (χ3n) is 3.18. The molecule has 1 atom stereocenters. The molecule has 7 heteroatoms. The van der Waals surface area contributed by atoms with Gasteiger partial charge in [0.15, 0.2) is 0 Å². The van der Waals surface area contributed by atoms with E-state index in [1.54, 1.807) is 12.1 Å². The van der Waals surface area contributed by atoms with Crippen LogP contribution in [0, 0.1) is 6.92 Å². The molecule has 0 saturated carbocycles. The molecular formula is C12H18Cl2N2O2S. The maximum Gasteiger partial charge on any atom is 0.244 e. The number of hydrogen-bond acceptors (Lipinski definition) is 3. The summed E-state index contributed by atoms with van der Waals surface area (Å²) in [4.78, 5) is 0.206. The van der Waals surface area contributed by atoms with Gasteiger partial charge in [-0.25, -0.2) is 8.42 Å². The van der Waals surface area contributed by atoms with Gasteiger partial charge >= 0.3 is 0 Å². The molecular weight excluding hydrogens is 307 g/mol. The van der Waals surface area contributed by atoms with Crippen LogP contribution in [0.2, 0.25) is 5.02 Å². The van der Waals surface area contributed by atoms with Crippen LogP contribution in [0.15, 0.2) is 23.1 Å². The van der Waals surface area contributed by atoms with Crippen molar-refractivity contribution in [2.45, 2.75) is 24.8 Å². The Morgan fingerprint density at radius 1 is 1.42 bits per heavy atom. The van der Waals surface area contributed by atoms with Gasteiger partial charge in [0.25, 0.3) is 0 Å². The molecule has 1 N–H and O–H groups in total. The first kappa shape index (κ1) is 16.7. The van der Waals surface area contributed by atoms with Crippen LogP contribution in [0.1, 0.15) is 12.5 Å². The van der Waals surface area contributed by atoms with Crippen LogP contribution in [0.4, 0.5) is 0 Å². The lowest BCUT2D eigenvalue weighted by Crippen LogP contribution is -2.52. The second kappa shape index (κ2) is 6.41. The molecule has 0 aromatic heterocycles. The maximum absolute atomic E-state index is 12.6. The monoisotopic (exact) mass is 324 g/mol. The number of aryl methyl sites for hydroxylation is 1. The Balaban J connectivity index is 0.00000180. The molecule has 1 heterocycles. The lowest BCUT2D eigenvalue weighted by Gasteiger charge is -2.33. The molecule has 0 spiro atoms. The molecule has 4 nitrogen and oxygen atoms in total. The van der Waals surface area contributed by atoms with Crippen molar-refractivity contribution in [1.82, 2.24) is 9.62 Å². The fourth-order valence-corrected chi connectivity index (χ4v) is 4.31.